The van der Waals surface area contributed by atoms with Crippen molar-refractivity contribution in [3.8, 4) is 0 Å². The van der Waals surface area contributed by atoms with E-state index in [9.17, 15) is 9.36 Å². The van der Waals surface area contributed by atoms with Crippen LogP contribution in [0.4, 0.5) is 0 Å². The molecule has 8 heavy (non-hydrogen) atoms. The van der Waals surface area contributed by atoms with E-state index in [0.717, 1.165) is 6.92 Å². The molecule has 0 rings (SSSR count). The largest absolute Gasteiger partial charge is 1.00 e. The van der Waals surface area contributed by atoms with E-state index in [0.29, 0.717) is 0 Å². The SMILES string of the molecule is [2H][N-][PH](=O)C(C)=O.[K+].[U]. The van der Waals surface area contributed by atoms with Gasteiger partial charge in [-0.2, -0.15) is 0 Å². The maximum absolute atomic E-state index is 9.99. The summed E-state index contributed by atoms with van der Waals surface area (Å²) in [6.45, 7) is 1.15. The first-order chi connectivity index (χ1) is 3.18. The quantitative estimate of drug-likeness (QED) is 0.411. The van der Waals surface area contributed by atoms with Crippen molar-refractivity contribution in [3.63, 3.8) is 0 Å². The fourth-order valence-electron chi connectivity index (χ4n) is 0. The zero-order valence-electron chi connectivity index (χ0n) is 5.76. The summed E-state index contributed by atoms with van der Waals surface area (Å²) < 4.78 is 16.1. The van der Waals surface area contributed by atoms with E-state index >= 15 is 0 Å². The molecule has 1 atom stereocenters. The third kappa shape index (κ3) is 11.4. The Morgan fingerprint density at radius 2 is 2.25 bits per heavy atom. The Morgan fingerprint density at radius 3 is 2.25 bits per heavy atom. The maximum atomic E-state index is 9.99. The first-order valence-electron chi connectivity index (χ1n) is 1.83. The summed E-state index contributed by atoms with van der Waals surface area (Å²) in [6.07, 6.45) is 0. The summed E-state index contributed by atoms with van der Waals surface area (Å²) in [5.74, 6) is 0. The second kappa shape index (κ2) is 9.55. The van der Waals surface area contributed by atoms with Crippen LogP contribution in [0.2, 0.25) is 1.41 Å². The average molecular weight is 384 g/mol. The summed E-state index contributed by atoms with van der Waals surface area (Å²) >= 11 is 0. The van der Waals surface area contributed by atoms with Crippen LogP contribution in [0.15, 0.2) is 0 Å². The Kier molecular flexibility index (Phi) is 15.7. The molecule has 40 valence electrons. The summed E-state index contributed by atoms with van der Waals surface area (Å²) in [7, 11) is -2.54. The zero-order valence-corrected chi connectivity index (χ0v) is 13.1. The molecule has 0 aliphatic carbocycles. The summed E-state index contributed by atoms with van der Waals surface area (Å²) in [5, 5.41) is 0. The van der Waals surface area contributed by atoms with Gasteiger partial charge in [0.15, 0.2) is 5.52 Å². The van der Waals surface area contributed by atoms with Gasteiger partial charge < -0.3 is 10.1 Å². The fourth-order valence-corrected chi connectivity index (χ4v) is 0. The van der Waals surface area contributed by atoms with Gasteiger partial charge in [0.1, 0.15) is 0 Å². The molecule has 0 aromatic heterocycles. The van der Waals surface area contributed by atoms with E-state index in [1.807, 2.05) is 0 Å². The Hall–Kier alpha value is 2.55. The van der Waals surface area contributed by atoms with Crippen molar-refractivity contribution in [2.75, 3.05) is 0 Å². The Labute approximate surface area is 117 Å². The first kappa shape index (κ1) is 13.2. The number of hydrogen-bond acceptors (Lipinski definition) is 2. The van der Waals surface area contributed by atoms with Crippen LogP contribution in [0.1, 0.15) is 6.92 Å². The van der Waals surface area contributed by atoms with Crippen LogP contribution in [0.5, 0.6) is 0 Å². The van der Waals surface area contributed by atoms with E-state index in [2.05, 4.69) is 5.50 Å². The fraction of sp³-hybridized carbons (Fsp3) is 0.500. The third-order valence-electron chi connectivity index (χ3n) is 0.301. The van der Waals surface area contributed by atoms with Crippen LogP contribution in [-0.4, -0.2) is 5.52 Å². The minimum atomic E-state index is -2.54. The summed E-state index contributed by atoms with van der Waals surface area (Å²) in [4.78, 5) is 9.89. The molecular formula is C2H5KNO2PU. The minimum Gasteiger partial charge on any atom is -0.614 e. The molecule has 0 bridgehead atoms. The van der Waals surface area contributed by atoms with Crippen LogP contribution in [-0.2, 0) is 9.36 Å². The first-order valence-corrected chi connectivity index (χ1v) is 2.74. The van der Waals surface area contributed by atoms with Crippen molar-refractivity contribution in [2.24, 2.45) is 0 Å². The molecule has 0 heterocycles. The second-order valence-corrected chi connectivity index (χ2v) is 2.18. The van der Waals surface area contributed by atoms with Crippen molar-refractivity contribution in [1.29, 1.82) is 0 Å². The molecule has 6 heteroatoms. The molecule has 0 radical (unpaired) electrons. The van der Waals surface area contributed by atoms with Crippen molar-refractivity contribution >= 4 is 13.5 Å². The molecule has 3 nitrogen and oxygen atoms in total. The van der Waals surface area contributed by atoms with Crippen LogP contribution >= 0.6 is 7.95 Å². The van der Waals surface area contributed by atoms with Gasteiger partial charge >= 0.3 is 51.4 Å². The van der Waals surface area contributed by atoms with Crippen LogP contribution < -0.4 is 51.4 Å². The standard InChI is InChI=1S/C2H5NO2P.K.U/c1-2(4)6(3)5;;/h6H,1H3,(H-,3,5);;/q-1;+1;/i/hD. The van der Waals surface area contributed by atoms with Crippen LogP contribution in [0.3, 0.4) is 0 Å². The van der Waals surface area contributed by atoms with Crippen LogP contribution in [0, 0.1) is 31.1 Å². The molecule has 0 aliphatic rings. The predicted molar refractivity (Wildman–Crippen MR) is 24.0 cm³/mol. The van der Waals surface area contributed by atoms with Gasteiger partial charge in [-0.15, -0.1) is 1.41 Å². The van der Waals surface area contributed by atoms with Crippen molar-refractivity contribution < 1.29 is 93.3 Å². The van der Waals surface area contributed by atoms with Crippen LogP contribution in [0.25, 0.3) is 5.50 Å². The van der Waals surface area contributed by atoms with Gasteiger partial charge in [0.2, 0.25) is 0 Å². The Morgan fingerprint density at radius 1 is 1.88 bits per heavy atom. The Bertz CT molecular complexity index is 113. The topological polar surface area (TPSA) is 57.9 Å². The van der Waals surface area contributed by atoms with Gasteiger partial charge in [0.05, 0.1) is 0 Å². The third-order valence-corrected chi connectivity index (χ3v) is 0.904. The van der Waals surface area contributed by atoms with Crippen molar-refractivity contribution in [1.82, 2.24) is 0 Å². The summed E-state index contributed by atoms with van der Waals surface area (Å²) in [6, 6.07) is 0. The van der Waals surface area contributed by atoms with E-state index in [-0.39, 0.29) is 82.5 Å². The van der Waals surface area contributed by atoms with Gasteiger partial charge in [-0.05, 0) is 6.92 Å². The molecule has 0 aliphatic heterocycles. The normalized spacial score (nSPS) is 11.9. The predicted octanol–water partition coefficient (Wildman–Crippen LogP) is -1.94. The molecule has 0 amide bonds. The summed E-state index contributed by atoms with van der Waals surface area (Å²) in [5.41, 5.74) is 2.02. The average Bonchev–Trinajstić information content (AvgIpc) is 1.65. The van der Waals surface area contributed by atoms with Gasteiger partial charge in [-0.25, -0.2) is 0 Å². The molecule has 0 aromatic rings. The van der Waals surface area contributed by atoms with Gasteiger partial charge in [0.25, 0.3) is 0 Å². The minimum absolute atomic E-state index is 0. The number of carbonyl (C=O) groups excluding carboxylic acids is 1. The number of nitrogens with one attached hydrogen (secondary N) is 1. The maximum Gasteiger partial charge on any atom is 1.00 e. The second-order valence-electron chi connectivity index (χ2n) is 0.861. The van der Waals surface area contributed by atoms with E-state index in [4.69, 9.17) is 1.41 Å². The molecule has 1 unspecified atom stereocenters. The molecule has 0 aromatic carbocycles. The molecule has 1 N–H and O–H groups in total. The molecular weight excluding hydrogens is 378 g/mol. The van der Waals surface area contributed by atoms with Gasteiger partial charge in [-0.3, -0.25) is 4.79 Å². The molecule has 0 spiro atoms. The van der Waals surface area contributed by atoms with Crippen molar-refractivity contribution in [3.05, 3.63) is 5.50 Å². The molecule has 0 saturated carbocycles. The Balaban J connectivity index is -0.000000180. The van der Waals surface area contributed by atoms with E-state index in [1.165, 1.54) is 0 Å². The smallest absolute Gasteiger partial charge is 0.614 e. The monoisotopic (exact) mass is 384 g/mol. The number of carbonyl (C=O) groups is 1. The molecule has 0 fully saturated rings. The van der Waals surface area contributed by atoms with Gasteiger partial charge in [-0.1, -0.05) is 0 Å². The molecule has 0 saturated heterocycles. The van der Waals surface area contributed by atoms with Gasteiger partial charge in [0, 0.05) is 39.1 Å². The van der Waals surface area contributed by atoms with E-state index in [1.54, 1.807) is 0 Å². The number of hydrogen-bond donors (Lipinski definition) is 0. The van der Waals surface area contributed by atoms with Crippen molar-refractivity contribution in [2.45, 2.75) is 6.92 Å². The zero-order chi connectivity index (χ0) is 5.86. The van der Waals surface area contributed by atoms with E-state index < -0.39 is 13.5 Å². The number of rotatable bonds is 2.